The summed E-state index contributed by atoms with van der Waals surface area (Å²) in [5.74, 6) is -0.579. The topological polar surface area (TPSA) is 104 Å². The zero-order valence-electron chi connectivity index (χ0n) is 7.57. The van der Waals surface area contributed by atoms with Gasteiger partial charge in [-0.2, -0.15) is 0 Å². The van der Waals surface area contributed by atoms with E-state index in [4.69, 9.17) is 21.1 Å². The molecule has 0 aliphatic heterocycles. The molecule has 0 unspecified atom stereocenters. The number of carbonyl (C=O) groups is 1. The first-order chi connectivity index (χ1) is 6.13. The highest BCUT2D eigenvalue weighted by Crippen LogP contribution is 2.29. The molecular weight excluding hydrogens is 174 g/mol. The van der Waals surface area contributed by atoms with Gasteiger partial charge >= 0.3 is 0 Å². The van der Waals surface area contributed by atoms with Gasteiger partial charge in [0, 0.05) is 19.8 Å². The van der Waals surface area contributed by atoms with Crippen molar-refractivity contribution < 1.29 is 20.1 Å². The van der Waals surface area contributed by atoms with Crippen LogP contribution in [0, 0.1) is 5.41 Å². The zero-order chi connectivity index (χ0) is 10.3. The molecular formula is C8H17NO4. The number of hydrogen-bond acceptors (Lipinski definition) is 4. The molecule has 0 radical (unpaired) electrons. The molecule has 13 heavy (non-hydrogen) atoms. The lowest BCUT2D eigenvalue weighted by atomic mass is 9.78. The summed E-state index contributed by atoms with van der Waals surface area (Å²) in [6.45, 7) is -0.533. The van der Waals surface area contributed by atoms with Crippen LogP contribution in [0.25, 0.3) is 0 Å². The molecule has 0 fully saturated rings. The van der Waals surface area contributed by atoms with E-state index in [1.54, 1.807) is 0 Å². The minimum Gasteiger partial charge on any atom is -0.396 e. The summed E-state index contributed by atoms with van der Waals surface area (Å²) in [5, 5.41) is 26.2. The third-order valence-electron chi connectivity index (χ3n) is 2.29. The third kappa shape index (κ3) is 3.30. The van der Waals surface area contributed by atoms with Crippen LogP contribution in [0.1, 0.15) is 19.3 Å². The number of hydrogen-bond donors (Lipinski definition) is 4. The molecule has 5 nitrogen and oxygen atoms in total. The van der Waals surface area contributed by atoms with E-state index < -0.39 is 11.3 Å². The van der Waals surface area contributed by atoms with Gasteiger partial charge in [-0.15, -0.1) is 0 Å². The standard InChI is InChI=1S/C8H17NO4/c9-7(13)8(1-4-10,2-5-11)3-6-12/h10-12H,1-6H2,(H2,9,13). The second-order valence-electron chi connectivity index (χ2n) is 3.07. The monoisotopic (exact) mass is 191 g/mol. The molecule has 0 aromatic carbocycles. The highest BCUT2D eigenvalue weighted by molar-refractivity contribution is 5.80. The highest BCUT2D eigenvalue weighted by Gasteiger charge is 2.34. The van der Waals surface area contributed by atoms with Gasteiger partial charge in [-0.3, -0.25) is 4.79 Å². The molecule has 0 heterocycles. The minimum absolute atomic E-state index is 0.178. The average molecular weight is 191 g/mol. The summed E-state index contributed by atoms with van der Waals surface area (Å²) in [6, 6.07) is 0. The summed E-state index contributed by atoms with van der Waals surface area (Å²) >= 11 is 0. The predicted molar refractivity (Wildman–Crippen MR) is 46.7 cm³/mol. The van der Waals surface area contributed by atoms with Crippen LogP contribution in [-0.4, -0.2) is 41.0 Å². The first kappa shape index (κ1) is 12.3. The fourth-order valence-corrected chi connectivity index (χ4v) is 1.39. The SMILES string of the molecule is NC(=O)C(CCO)(CCO)CCO. The van der Waals surface area contributed by atoms with Crippen molar-refractivity contribution in [3.63, 3.8) is 0 Å². The van der Waals surface area contributed by atoms with Crippen LogP contribution in [0.2, 0.25) is 0 Å². The van der Waals surface area contributed by atoms with Crippen molar-refractivity contribution in [3.8, 4) is 0 Å². The van der Waals surface area contributed by atoms with Gasteiger partial charge in [0.15, 0.2) is 0 Å². The summed E-state index contributed by atoms with van der Waals surface area (Å²) in [7, 11) is 0. The van der Waals surface area contributed by atoms with Crippen molar-refractivity contribution in [3.05, 3.63) is 0 Å². The number of nitrogens with two attached hydrogens (primary N) is 1. The van der Waals surface area contributed by atoms with E-state index in [0.29, 0.717) is 0 Å². The van der Waals surface area contributed by atoms with E-state index in [1.165, 1.54) is 0 Å². The fraction of sp³-hybridized carbons (Fsp3) is 0.875. The Morgan fingerprint density at radius 2 is 1.31 bits per heavy atom. The van der Waals surface area contributed by atoms with Crippen molar-refractivity contribution in [1.29, 1.82) is 0 Å². The van der Waals surface area contributed by atoms with E-state index in [1.807, 2.05) is 0 Å². The lowest BCUT2D eigenvalue weighted by molar-refractivity contribution is -0.130. The van der Waals surface area contributed by atoms with E-state index in [-0.39, 0.29) is 39.1 Å². The molecule has 0 aliphatic carbocycles. The molecule has 5 heteroatoms. The number of carbonyl (C=O) groups excluding carboxylic acids is 1. The van der Waals surface area contributed by atoms with E-state index in [9.17, 15) is 4.79 Å². The molecule has 0 aliphatic rings. The molecule has 0 saturated heterocycles. The van der Waals surface area contributed by atoms with Gasteiger partial charge < -0.3 is 21.1 Å². The minimum atomic E-state index is -0.960. The summed E-state index contributed by atoms with van der Waals surface area (Å²) in [5.41, 5.74) is 4.20. The van der Waals surface area contributed by atoms with Gasteiger partial charge in [0.2, 0.25) is 5.91 Å². The molecule has 0 bridgehead atoms. The van der Waals surface area contributed by atoms with Crippen LogP contribution in [0.3, 0.4) is 0 Å². The molecule has 1 amide bonds. The number of amides is 1. The maximum atomic E-state index is 11.1. The number of rotatable bonds is 7. The Morgan fingerprint density at radius 1 is 1.00 bits per heavy atom. The smallest absolute Gasteiger partial charge is 0.223 e. The fourth-order valence-electron chi connectivity index (χ4n) is 1.39. The normalized spacial score (nSPS) is 11.6. The third-order valence-corrected chi connectivity index (χ3v) is 2.29. The van der Waals surface area contributed by atoms with Gasteiger partial charge in [-0.05, 0) is 19.3 Å². The quantitative estimate of drug-likeness (QED) is 0.397. The summed E-state index contributed by atoms with van der Waals surface area (Å²) < 4.78 is 0. The van der Waals surface area contributed by atoms with E-state index >= 15 is 0 Å². The van der Waals surface area contributed by atoms with Gasteiger partial charge in [-0.25, -0.2) is 0 Å². The largest absolute Gasteiger partial charge is 0.396 e. The van der Waals surface area contributed by atoms with Gasteiger partial charge in [0.05, 0.1) is 5.41 Å². The van der Waals surface area contributed by atoms with Crippen LogP contribution < -0.4 is 5.73 Å². The molecule has 0 atom stereocenters. The van der Waals surface area contributed by atoms with Gasteiger partial charge in [-0.1, -0.05) is 0 Å². The zero-order valence-corrected chi connectivity index (χ0v) is 7.57. The summed E-state index contributed by atoms with van der Waals surface area (Å²) in [6.07, 6.45) is 0.552. The Balaban J connectivity index is 4.48. The van der Waals surface area contributed by atoms with Crippen molar-refractivity contribution >= 4 is 5.91 Å². The Kier molecular flexibility index (Phi) is 5.61. The number of primary amides is 1. The van der Waals surface area contributed by atoms with E-state index in [2.05, 4.69) is 0 Å². The van der Waals surface area contributed by atoms with Gasteiger partial charge in [0.25, 0.3) is 0 Å². The predicted octanol–water partition coefficient (Wildman–Crippen LogP) is -1.39. The molecule has 0 aromatic rings. The van der Waals surface area contributed by atoms with Crippen LogP contribution >= 0.6 is 0 Å². The first-order valence-corrected chi connectivity index (χ1v) is 4.25. The molecule has 5 N–H and O–H groups in total. The molecule has 0 rings (SSSR count). The second kappa shape index (κ2) is 5.90. The Labute approximate surface area is 77.2 Å². The van der Waals surface area contributed by atoms with Crippen molar-refractivity contribution in [2.75, 3.05) is 19.8 Å². The highest BCUT2D eigenvalue weighted by atomic mass is 16.3. The molecule has 0 aromatic heterocycles. The maximum Gasteiger partial charge on any atom is 0.223 e. The van der Waals surface area contributed by atoms with Crippen LogP contribution in [0.5, 0.6) is 0 Å². The molecule has 0 saturated carbocycles. The first-order valence-electron chi connectivity index (χ1n) is 4.25. The Morgan fingerprint density at radius 3 is 1.46 bits per heavy atom. The maximum absolute atomic E-state index is 11.1. The number of aliphatic hydroxyl groups is 3. The number of aliphatic hydroxyl groups excluding tert-OH is 3. The lowest BCUT2D eigenvalue weighted by Crippen LogP contribution is -2.39. The Hall–Kier alpha value is -0.650. The van der Waals surface area contributed by atoms with Crippen molar-refractivity contribution in [2.24, 2.45) is 11.1 Å². The van der Waals surface area contributed by atoms with Crippen LogP contribution in [0.15, 0.2) is 0 Å². The Bertz CT molecular complexity index is 143. The van der Waals surface area contributed by atoms with Crippen molar-refractivity contribution in [2.45, 2.75) is 19.3 Å². The van der Waals surface area contributed by atoms with Gasteiger partial charge in [0.1, 0.15) is 0 Å². The van der Waals surface area contributed by atoms with E-state index in [0.717, 1.165) is 0 Å². The summed E-state index contributed by atoms with van der Waals surface area (Å²) in [4.78, 5) is 11.1. The second-order valence-corrected chi connectivity index (χ2v) is 3.07. The van der Waals surface area contributed by atoms with Crippen molar-refractivity contribution in [1.82, 2.24) is 0 Å². The van der Waals surface area contributed by atoms with Crippen LogP contribution in [-0.2, 0) is 4.79 Å². The van der Waals surface area contributed by atoms with Crippen LogP contribution in [0.4, 0.5) is 0 Å². The molecule has 0 spiro atoms. The average Bonchev–Trinajstić information content (AvgIpc) is 2.05. The lowest BCUT2D eigenvalue weighted by Gasteiger charge is -2.28. The molecule has 78 valence electrons.